The lowest BCUT2D eigenvalue weighted by Crippen LogP contribution is -2.12. The first-order valence-electron chi connectivity index (χ1n) is 5.47. The Balaban J connectivity index is 2.63. The standard InChI is InChI=1S/C13H8Cl3NO3/c14-8-3-6(4-9(15)13(8)16)7-1-2-11(18)17-10(7)5-12(19)20/h1-4H,5H2,(H,17,18)(H,19,20). The smallest absolute Gasteiger partial charge is 0.309 e. The molecule has 1 aromatic heterocycles. The van der Waals surface area contributed by atoms with Crippen molar-refractivity contribution in [2.75, 3.05) is 0 Å². The van der Waals surface area contributed by atoms with Gasteiger partial charge in [0.15, 0.2) is 0 Å². The van der Waals surface area contributed by atoms with Crippen LogP contribution in [0.4, 0.5) is 0 Å². The minimum absolute atomic E-state index is 0.223. The van der Waals surface area contributed by atoms with Gasteiger partial charge in [0.2, 0.25) is 5.56 Å². The largest absolute Gasteiger partial charge is 0.481 e. The number of carboxylic acid groups (broad SMARTS) is 1. The van der Waals surface area contributed by atoms with Crippen LogP contribution in [-0.2, 0) is 11.2 Å². The summed E-state index contributed by atoms with van der Waals surface area (Å²) >= 11 is 17.8. The predicted octanol–water partition coefficient (Wildman–Crippen LogP) is 3.63. The molecular formula is C13H8Cl3NO3. The van der Waals surface area contributed by atoms with Gasteiger partial charge in [0.1, 0.15) is 0 Å². The SMILES string of the molecule is O=C(O)Cc1[nH]c(=O)ccc1-c1cc(Cl)c(Cl)c(Cl)c1. The molecule has 0 aliphatic carbocycles. The van der Waals surface area contributed by atoms with E-state index in [1.54, 1.807) is 12.1 Å². The molecule has 0 unspecified atom stereocenters. The first kappa shape index (κ1) is 14.9. The summed E-state index contributed by atoms with van der Waals surface area (Å²) in [5.74, 6) is -1.06. The molecule has 0 saturated carbocycles. The highest BCUT2D eigenvalue weighted by atomic mass is 35.5. The van der Waals surface area contributed by atoms with E-state index in [0.717, 1.165) is 0 Å². The second-order valence-electron chi connectivity index (χ2n) is 4.04. The Morgan fingerprint density at radius 3 is 2.30 bits per heavy atom. The molecule has 2 aromatic rings. The molecule has 0 amide bonds. The van der Waals surface area contributed by atoms with Gasteiger partial charge in [-0.25, -0.2) is 0 Å². The maximum atomic E-state index is 11.3. The summed E-state index contributed by atoms with van der Waals surface area (Å²) < 4.78 is 0. The number of carboxylic acids is 1. The highest BCUT2D eigenvalue weighted by Gasteiger charge is 2.13. The maximum absolute atomic E-state index is 11.3. The first-order chi connectivity index (χ1) is 9.38. The summed E-state index contributed by atoms with van der Waals surface area (Å²) in [6, 6.07) is 5.95. The van der Waals surface area contributed by atoms with Crippen LogP contribution in [0.1, 0.15) is 5.69 Å². The fourth-order valence-corrected chi connectivity index (χ4v) is 2.39. The Kier molecular flexibility index (Phi) is 4.38. The molecule has 4 nitrogen and oxygen atoms in total. The number of benzene rings is 1. The third-order valence-corrected chi connectivity index (χ3v) is 3.82. The van der Waals surface area contributed by atoms with E-state index in [0.29, 0.717) is 11.1 Å². The third-order valence-electron chi connectivity index (χ3n) is 2.62. The molecule has 0 atom stereocenters. The van der Waals surface area contributed by atoms with Crippen molar-refractivity contribution in [3.8, 4) is 11.1 Å². The van der Waals surface area contributed by atoms with Gasteiger partial charge in [-0.2, -0.15) is 0 Å². The number of hydrogen-bond acceptors (Lipinski definition) is 2. The molecule has 0 fully saturated rings. The summed E-state index contributed by atoms with van der Waals surface area (Å²) in [5, 5.41) is 9.61. The lowest BCUT2D eigenvalue weighted by molar-refractivity contribution is -0.136. The zero-order valence-corrected chi connectivity index (χ0v) is 12.2. The number of halogens is 3. The monoisotopic (exact) mass is 331 g/mol. The van der Waals surface area contributed by atoms with E-state index in [4.69, 9.17) is 39.9 Å². The predicted molar refractivity (Wildman–Crippen MR) is 78.9 cm³/mol. The Bertz CT molecular complexity index is 717. The topological polar surface area (TPSA) is 70.2 Å². The zero-order valence-electron chi connectivity index (χ0n) is 9.91. The summed E-state index contributed by atoms with van der Waals surface area (Å²) in [6.45, 7) is 0. The first-order valence-corrected chi connectivity index (χ1v) is 6.61. The van der Waals surface area contributed by atoms with E-state index in [9.17, 15) is 9.59 Å². The number of hydrogen-bond donors (Lipinski definition) is 2. The fourth-order valence-electron chi connectivity index (χ4n) is 1.79. The second kappa shape index (κ2) is 5.87. The van der Waals surface area contributed by atoms with E-state index >= 15 is 0 Å². The normalized spacial score (nSPS) is 10.6. The molecule has 0 aliphatic heterocycles. The summed E-state index contributed by atoms with van der Waals surface area (Å²) in [6.07, 6.45) is -0.316. The molecule has 104 valence electrons. The third kappa shape index (κ3) is 3.15. The molecule has 0 aliphatic rings. The number of aromatic nitrogens is 1. The minimum Gasteiger partial charge on any atom is -0.481 e. The van der Waals surface area contributed by atoms with Gasteiger partial charge in [-0.3, -0.25) is 9.59 Å². The van der Waals surface area contributed by atoms with Crippen LogP contribution in [0.5, 0.6) is 0 Å². The van der Waals surface area contributed by atoms with Crippen LogP contribution in [0.2, 0.25) is 15.1 Å². The number of rotatable bonds is 3. The Morgan fingerprint density at radius 1 is 1.15 bits per heavy atom. The number of aromatic amines is 1. The van der Waals surface area contributed by atoms with Crippen molar-refractivity contribution in [2.45, 2.75) is 6.42 Å². The van der Waals surface area contributed by atoms with E-state index in [1.807, 2.05) is 0 Å². The van der Waals surface area contributed by atoms with Crippen LogP contribution in [0.15, 0.2) is 29.1 Å². The maximum Gasteiger partial charge on any atom is 0.309 e. The van der Waals surface area contributed by atoms with Crippen molar-refractivity contribution in [2.24, 2.45) is 0 Å². The van der Waals surface area contributed by atoms with Crippen molar-refractivity contribution in [1.29, 1.82) is 0 Å². The summed E-state index contributed by atoms with van der Waals surface area (Å²) in [5.41, 5.74) is 1.01. The molecular weight excluding hydrogens is 325 g/mol. The Hall–Kier alpha value is -1.49. The molecule has 0 radical (unpaired) electrons. The van der Waals surface area contributed by atoms with Crippen LogP contribution in [0, 0.1) is 0 Å². The van der Waals surface area contributed by atoms with Crippen LogP contribution in [0.3, 0.4) is 0 Å². The Morgan fingerprint density at radius 2 is 1.75 bits per heavy atom. The number of H-pyrrole nitrogens is 1. The van der Waals surface area contributed by atoms with Gasteiger partial charge in [0, 0.05) is 17.3 Å². The van der Waals surface area contributed by atoms with E-state index in [1.165, 1.54) is 12.1 Å². The number of aliphatic carboxylic acids is 1. The van der Waals surface area contributed by atoms with Crippen molar-refractivity contribution in [3.63, 3.8) is 0 Å². The quantitative estimate of drug-likeness (QED) is 0.843. The van der Waals surface area contributed by atoms with Crippen LogP contribution < -0.4 is 5.56 Å². The lowest BCUT2D eigenvalue weighted by Gasteiger charge is -2.09. The van der Waals surface area contributed by atoms with Gasteiger partial charge in [0.05, 0.1) is 21.5 Å². The van der Waals surface area contributed by atoms with Crippen molar-refractivity contribution in [3.05, 3.63) is 55.4 Å². The van der Waals surface area contributed by atoms with Gasteiger partial charge in [0.25, 0.3) is 0 Å². The van der Waals surface area contributed by atoms with Gasteiger partial charge >= 0.3 is 5.97 Å². The van der Waals surface area contributed by atoms with Crippen molar-refractivity contribution in [1.82, 2.24) is 4.98 Å². The molecule has 0 spiro atoms. The van der Waals surface area contributed by atoms with Gasteiger partial charge in [-0.1, -0.05) is 34.8 Å². The highest BCUT2D eigenvalue weighted by molar-refractivity contribution is 6.48. The molecule has 0 bridgehead atoms. The van der Waals surface area contributed by atoms with Gasteiger partial charge in [-0.05, 0) is 23.8 Å². The zero-order chi connectivity index (χ0) is 14.9. The molecule has 2 N–H and O–H groups in total. The van der Waals surface area contributed by atoms with Gasteiger partial charge in [-0.15, -0.1) is 0 Å². The second-order valence-corrected chi connectivity index (χ2v) is 5.23. The molecule has 1 aromatic carbocycles. The number of carbonyl (C=O) groups is 1. The Labute approximate surface area is 128 Å². The van der Waals surface area contributed by atoms with Crippen LogP contribution in [-0.4, -0.2) is 16.1 Å². The van der Waals surface area contributed by atoms with Crippen LogP contribution >= 0.6 is 34.8 Å². The van der Waals surface area contributed by atoms with Crippen LogP contribution in [0.25, 0.3) is 11.1 Å². The average Bonchev–Trinajstić information content (AvgIpc) is 2.35. The number of nitrogens with one attached hydrogen (secondary N) is 1. The molecule has 2 rings (SSSR count). The average molecular weight is 333 g/mol. The lowest BCUT2D eigenvalue weighted by atomic mass is 10.0. The van der Waals surface area contributed by atoms with Gasteiger partial charge < -0.3 is 10.1 Å². The molecule has 0 saturated heterocycles. The van der Waals surface area contributed by atoms with E-state index < -0.39 is 5.97 Å². The minimum atomic E-state index is -1.06. The fraction of sp³-hybridized carbons (Fsp3) is 0.0769. The van der Waals surface area contributed by atoms with Crippen molar-refractivity contribution >= 4 is 40.8 Å². The number of pyridine rings is 1. The highest BCUT2D eigenvalue weighted by Crippen LogP contribution is 2.35. The summed E-state index contributed by atoms with van der Waals surface area (Å²) in [7, 11) is 0. The van der Waals surface area contributed by atoms with E-state index in [-0.39, 0.29) is 32.7 Å². The molecule has 20 heavy (non-hydrogen) atoms. The van der Waals surface area contributed by atoms with E-state index in [2.05, 4.69) is 4.98 Å². The summed E-state index contributed by atoms with van der Waals surface area (Å²) in [4.78, 5) is 24.7. The molecule has 7 heteroatoms. The van der Waals surface area contributed by atoms with Crippen molar-refractivity contribution < 1.29 is 9.90 Å². The molecule has 1 heterocycles.